The smallest absolute Gasteiger partial charge is 0.228 e. The van der Waals surface area contributed by atoms with Gasteiger partial charge in [-0.3, -0.25) is 4.79 Å². The Hall–Kier alpha value is -1.35. The van der Waals surface area contributed by atoms with Crippen molar-refractivity contribution in [1.29, 1.82) is 0 Å². The van der Waals surface area contributed by atoms with Crippen LogP contribution in [0.5, 0.6) is 0 Å². The summed E-state index contributed by atoms with van der Waals surface area (Å²) in [6.07, 6.45) is 0.584. The quantitative estimate of drug-likeness (QED) is 0.802. The zero-order chi connectivity index (χ0) is 12.3. The molecule has 0 radical (unpaired) electrons. The summed E-state index contributed by atoms with van der Waals surface area (Å²) in [7, 11) is 0. The van der Waals surface area contributed by atoms with Gasteiger partial charge in [0.2, 0.25) is 5.91 Å². The first-order chi connectivity index (χ1) is 8.18. The predicted octanol–water partition coefficient (Wildman–Crippen LogP) is 1.96. The van der Waals surface area contributed by atoms with E-state index < -0.39 is 0 Å². The molecule has 1 aliphatic rings. The number of carbonyl (C=O) groups excluding carboxylic acids is 1. The Morgan fingerprint density at radius 2 is 2.12 bits per heavy atom. The number of benzene rings is 1. The van der Waals surface area contributed by atoms with Gasteiger partial charge in [-0.2, -0.15) is 0 Å². The summed E-state index contributed by atoms with van der Waals surface area (Å²) in [5, 5.41) is 3.31. The monoisotopic (exact) mass is 232 g/mol. The number of nitrogens with zero attached hydrogens (tertiary/aromatic N) is 1. The Morgan fingerprint density at radius 1 is 1.35 bits per heavy atom. The molecule has 1 unspecified atom stereocenters. The highest BCUT2D eigenvalue weighted by atomic mass is 16.2. The van der Waals surface area contributed by atoms with Crippen molar-refractivity contribution in [1.82, 2.24) is 5.32 Å². The fraction of sp³-hybridized carbons (Fsp3) is 0.500. The topological polar surface area (TPSA) is 32.3 Å². The van der Waals surface area contributed by atoms with Crippen molar-refractivity contribution in [2.45, 2.75) is 20.3 Å². The van der Waals surface area contributed by atoms with Gasteiger partial charge in [0, 0.05) is 25.2 Å². The summed E-state index contributed by atoms with van der Waals surface area (Å²) >= 11 is 0. The van der Waals surface area contributed by atoms with E-state index in [1.165, 1.54) is 5.56 Å². The molecule has 0 aliphatic carbocycles. The van der Waals surface area contributed by atoms with Crippen LogP contribution in [0.25, 0.3) is 0 Å². The molecular weight excluding hydrogens is 212 g/mol. The molecule has 17 heavy (non-hydrogen) atoms. The van der Waals surface area contributed by atoms with Crippen molar-refractivity contribution in [2.75, 3.05) is 24.5 Å². The van der Waals surface area contributed by atoms with E-state index in [2.05, 4.69) is 25.2 Å². The molecule has 0 aromatic heterocycles. The Kier molecular flexibility index (Phi) is 3.79. The van der Waals surface area contributed by atoms with Gasteiger partial charge in [0.15, 0.2) is 0 Å². The molecule has 1 amide bonds. The summed E-state index contributed by atoms with van der Waals surface area (Å²) in [5.74, 6) is 0.706. The van der Waals surface area contributed by atoms with Crippen LogP contribution in [0.3, 0.4) is 0 Å². The number of anilines is 1. The zero-order valence-electron chi connectivity index (χ0n) is 10.6. The van der Waals surface area contributed by atoms with Gasteiger partial charge in [0.1, 0.15) is 0 Å². The Labute approximate surface area is 103 Å². The number of aryl methyl sites for hydroxylation is 1. The molecule has 1 aliphatic heterocycles. The van der Waals surface area contributed by atoms with Crippen LogP contribution in [0, 0.1) is 12.8 Å². The second kappa shape index (κ2) is 5.32. The van der Waals surface area contributed by atoms with Crippen molar-refractivity contribution in [3.8, 4) is 0 Å². The van der Waals surface area contributed by atoms with Crippen LogP contribution >= 0.6 is 0 Å². The number of amides is 1. The molecule has 1 saturated heterocycles. The molecule has 92 valence electrons. The van der Waals surface area contributed by atoms with Crippen LogP contribution in [-0.4, -0.2) is 25.5 Å². The first-order valence-corrected chi connectivity index (χ1v) is 6.25. The molecule has 1 aromatic rings. The Bertz CT molecular complexity index is 403. The largest absolute Gasteiger partial charge is 0.316 e. The third-order valence-corrected chi connectivity index (χ3v) is 3.21. The maximum atomic E-state index is 12.2. The maximum absolute atomic E-state index is 12.2. The molecule has 0 bridgehead atoms. The van der Waals surface area contributed by atoms with Crippen molar-refractivity contribution in [3.05, 3.63) is 29.8 Å². The lowest BCUT2D eigenvalue weighted by molar-refractivity contribution is -0.118. The normalized spacial score (nSPS) is 22.1. The van der Waals surface area contributed by atoms with Gasteiger partial charge in [-0.1, -0.05) is 25.1 Å². The molecular formula is C14H20N2O. The summed E-state index contributed by atoms with van der Waals surface area (Å²) in [6, 6.07) is 8.11. The van der Waals surface area contributed by atoms with Crippen molar-refractivity contribution in [3.63, 3.8) is 0 Å². The molecule has 3 nitrogen and oxygen atoms in total. The molecule has 0 spiro atoms. The second-order valence-electron chi connectivity index (χ2n) is 4.85. The van der Waals surface area contributed by atoms with Crippen LogP contribution in [0.2, 0.25) is 0 Å². The van der Waals surface area contributed by atoms with Crippen LogP contribution in [0.1, 0.15) is 18.9 Å². The minimum absolute atomic E-state index is 0.221. The Balaban J connectivity index is 2.26. The number of rotatable bonds is 1. The highest BCUT2D eigenvalue weighted by Crippen LogP contribution is 2.22. The third kappa shape index (κ3) is 2.86. The van der Waals surface area contributed by atoms with Gasteiger partial charge in [-0.05, 0) is 31.0 Å². The van der Waals surface area contributed by atoms with Crippen LogP contribution in [0.15, 0.2) is 24.3 Å². The highest BCUT2D eigenvalue weighted by Gasteiger charge is 2.21. The van der Waals surface area contributed by atoms with Crippen molar-refractivity contribution in [2.24, 2.45) is 5.92 Å². The van der Waals surface area contributed by atoms with Gasteiger partial charge in [-0.25, -0.2) is 0 Å². The summed E-state index contributed by atoms with van der Waals surface area (Å²) in [5.41, 5.74) is 2.23. The molecule has 1 atom stereocenters. The van der Waals surface area contributed by atoms with Gasteiger partial charge in [-0.15, -0.1) is 0 Å². The molecule has 1 heterocycles. The third-order valence-electron chi connectivity index (χ3n) is 3.21. The standard InChI is InChI=1S/C14H20N2O/c1-11-9-15-8-7-14(17)16(10-11)13-6-4-3-5-12(13)2/h3-6,11,15H,7-10H2,1-2H3. The van der Waals surface area contributed by atoms with Crippen LogP contribution in [0.4, 0.5) is 5.69 Å². The lowest BCUT2D eigenvalue weighted by Gasteiger charge is -2.30. The maximum Gasteiger partial charge on any atom is 0.228 e. The molecule has 1 aromatic carbocycles. The van der Waals surface area contributed by atoms with E-state index in [-0.39, 0.29) is 5.91 Å². The lowest BCUT2D eigenvalue weighted by Crippen LogP contribution is -2.42. The second-order valence-corrected chi connectivity index (χ2v) is 4.85. The number of nitrogens with one attached hydrogen (secondary N) is 1. The predicted molar refractivity (Wildman–Crippen MR) is 70.2 cm³/mol. The molecule has 2 rings (SSSR count). The molecule has 1 fully saturated rings. The van der Waals surface area contributed by atoms with Crippen molar-refractivity contribution < 1.29 is 4.79 Å². The fourth-order valence-corrected chi connectivity index (χ4v) is 2.26. The highest BCUT2D eigenvalue weighted by molar-refractivity contribution is 5.94. The minimum atomic E-state index is 0.221. The number of carbonyl (C=O) groups is 1. The molecule has 1 N–H and O–H groups in total. The van der Waals surface area contributed by atoms with E-state index in [4.69, 9.17) is 0 Å². The van der Waals surface area contributed by atoms with Crippen LogP contribution in [-0.2, 0) is 4.79 Å². The van der Waals surface area contributed by atoms with E-state index >= 15 is 0 Å². The van der Waals surface area contributed by atoms with E-state index in [1.54, 1.807) is 0 Å². The molecule has 0 saturated carbocycles. The summed E-state index contributed by atoms with van der Waals surface area (Å²) in [4.78, 5) is 14.1. The average Bonchev–Trinajstić information content (AvgIpc) is 2.31. The molecule has 3 heteroatoms. The van der Waals surface area contributed by atoms with E-state index in [1.807, 2.05) is 23.1 Å². The van der Waals surface area contributed by atoms with Gasteiger partial charge in [0.05, 0.1) is 0 Å². The van der Waals surface area contributed by atoms with Gasteiger partial charge in [0.25, 0.3) is 0 Å². The van der Waals surface area contributed by atoms with Crippen LogP contribution < -0.4 is 10.2 Å². The Morgan fingerprint density at radius 3 is 2.88 bits per heavy atom. The number of para-hydroxylation sites is 1. The van der Waals surface area contributed by atoms with E-state index in [0.29, 0.717) is 12.3 Å². The van der Waals surface area contributed by atoms with E-state index in [0.717, 1.165) is 25.3 Å². The lowest BCUT2D eigenvalue weighted by atomic mass is 10.1. The zero-order valence-corrected chi connectivity index (χ0v) is 10.6. The fourth-order valence-electron chi connectivity index (χ4n) is 2.26. The van der Waals surface area contributed by atoms with Gasteiger partial charge < -0.3 is 10.2 Å². The summed E-state index contributed by atoms with van der Waals surface area (Å²) < 4.78 is 0. The first kappa shape index (κ1) is 12.1. The number of hydrogen-bond donors (Lipinski definition) is 1. The average molecular weight is 232 g/mol. The van der Waals surface area contributed by atoms with Crippen molar-refractivity contribution >= 4 is 11.6 Å². The number of hydrogen-bond acceptors (Lipinski definition) is 2. The minimum Gasteiger partial charge on any atom is -0.316 e. The van der Waals surface area contributed by atoms with Gasteiger partial charge >= 0.3 is 0 Å². The SMILES string of the molecule is Cc1ccccc1N1CC(C)CNCCC1=O. The summed E-state index contributed by atoms with van der Waals surface area (Å²) in [6.45, 7) is 6.80. The van der Waals surface area contributed by atoms with E-state index in [9.17, 15) is 4.79 Å². The first-order valence-electron chi connectivity index (χ1n) is 6.25.